The minimum atomic E-state index is -0.153. The highest BCUT2D eigenvalue weighted by atomic mass is 32.1. The lowest BCUT2D eigenvalue weighted by Gasteiger charge is -1.97. The molecule has 1 heterocycles. The lowest BCUT2D eigenvalue weighted by Crippen LogP contribution is -2.01. The standard InChI is InChI=1S/C11H17NO2S/c1-4-5-10-12-8(2)9(15-10)6-7-11(13)14-3/h4-7H2,1-3H3. The molecule has 0 N–H and O–H groups in total. The van der Waals surface area contributed by atoms with Crippen LogP contribution in [-0.2, 0) is 22.4 Å². The zero-order valence-electron chi connectivity index (χ0n) is 9.50. The second kappa shape index (κ2) is 5.85. The third-order valence-electron chi connectivity index (χ3n) is 2.18. The molecule has 0 amide bonds. The van der Waals surface area contributed by atoms with Gasteiger partial charge in [-0.25, -0.2) is 4.98 Å². The SMILES string of the molecule is CCCc1nc(C)c(CCC(=O)OC)s1. The van der Waals surface area contributed by atoms with E-state index in [4.69, 9.17) is 0 Å². The highest BCUT2D eigenvalue weighted by Gasteiger charge is 2.09. The number of rotatable bonds is 5. The second-order valence-electron chi connectivity index (χ2n) is 3.44. The van der Waals surface area contributed by atoms with Crippen LogP contribution in [-0.4, -0.2) is 18.1 Å². The van der Waals surface area contributed by atoms with Gasteiger partial charge in [0.2, 0.25) is 0 Å². The van der Waals surface area contributed by atoms with Crippen LogP contribution in [0.2, 0.25) is 0 Å². The summed E-state index contributed by atoms with van der Waals surface area (Å²) in [6.07, 6.45) is 3.35. The average Bonchev–Trinajstić information content (AvgIpc) is 2.56. The summed E-state index contributed by atoms with van der Waals surface area (Å²) in [4.78, 5) is 16.7. The molecule has 0 unspecified atom stereocenters. The highest BCUT2D eigenvalue weighted by Crippen LogP contribution is 2.20. The summed E-state index contributed by atoms with van der Waals surface area (Å²) in [6.45, 7) is 4.15. The number of carbonyl (C=O) groups is 1. The Labute approximate surface area is 94.5 Å². The van der Waals surface area contributed by atoms with Crippen LogP contribution in [0.4, 0.5) is 0 Å². The first-order valence-electron chi connectivity index (χ1n) is 5.19. The van der Waals surface area contributed by atoms with Crippen molar-refractivity contribution in [2.75, 3.05) is 7.11 Å². The summed E-state index contributed by atoms with van der Waals surface area (Å²) in [6, 6.07) is 0. The van der Waals surface area contributed by atoms with E-state index in [1.165, 1.54) is 17.0 Å². The Bertz CT molecular complexity index is 333. The number of hydrogen-bond donors (Lipinski definition) is 0. The first-order chi connectivity index (χ1) is 7.17. The Hall–Kier alpha value is -0.900. The summed E-state index contributed by atoms with van der Waals surface area (Å²) in [5.74, 6) is -0.153. The topological polar surface area (TPSA) is 39.2 Å². The number of ether oxygens (including phenoxy) is 1. The lowest BCUT2D eigenvalue weighted by molar-refractivity contribution is -0.140. The van der Waals surface area contributed by atoms with E-state index in [9.17, 15) is 4.79 Å². The lowest BCUT2D eigenvalue weighted by atomic mass is 10.2. The Morgan fingerprint density at radius 1 is 1.47 bits per heavy atom. The first-order valence-corrected chi connectivity index (χ1v) is 6.01. The second-order valence-corrected chi connectivity index (χ2v) is 4.61. The fourth-order valence-electron chi connectivity index (χ4n) is 1.36. The summed E-state index contributed by atoms with van der Waals surface area (Å²) in [7, 11) is 1.42. The fraction of sp³-hybridized carbons (Fsp3) is 0.636. The van der Waals surface area contributed by atoms with Gasteiger partial charge >= 0.3 is 5.97 Å². The summed E-state index contributed by atoms with van der Waals surface area (Å²) < 4.78 is 4.61. The van der Waals surface area contributed by atoms with Crippen molar-refractivity contribution in [2.45, 2.75) is 39.5 Å². The molecular formula is C11H17NO2S. The Morgan fingerprint density at radius 2 is 2.20 bits per heavy atom. The molecule has 0 atom stereocenters. The number of thiazole rings is 1. The molecule has 0 fully saturated rings. The summed E-state index contributed by atoms with van der Waals surface area (Å²) >= 11 is 1.72. The van der Waals surface area contributed by atoms with Crippen molar-refractivity contribution in [1.29, 1.82) is 0 Å². The zero-order chi connectivity index (χ0) is 11.3. The van der Waals surface area contributed by atoms with Crippen molar-refractivity contribution in [2.24, 2.45) is 0 Å². The molecule has 0 aliphatic heterocycles. The number of methoxy groups -OCH3 is 1. The Morgan fingerprint density at radius 3 is 2.80 bits per heavy atom. The van der Waals surface area contributed by atoms with Crippen LogP contribution in [0.3, 0.4) is 0 Å². The van der Waals surface area contributed by atoms with Crippen molar-refractivity contribution in [3.63, 3.8) is 0 Å². The van der Waals surface area contributed by atoms with Gasteiger partial charge in [-0.15, -0.1) is 11.3 Å². The quantitative estimate of drug-likeness (QED) is 0.725. The molecule has 0 aliphatic carbocycles. The maximum atomic E-state index is 11.0. The van der Waals surface area contributed by atoms with Crippen LogP contribution in [0.25, 0.3) is 0 Å². The van der Waals surface area contributed by atoms with Crippen LogP contribution in [0.15, 0.2) is 0 Å². The Kier molecular flexibility index (Phi) is 4.75. The molecule has 1 aromatic heterocycles. The number of aryl methyl sites for hydroxylation is 3. The van der Waals surface area contributed by atoms with E-state index in [0.29, 0.717) is 6.42 Å². The van der Waals surface area contributed by atoms with Gasteiger partial charge in [0.05, 0.1) is 24.2 Å². The van der Waals surface area contributed by atoms with E-state index in [2.05, 4.69) is 16.6 Å². The van der Waals surface area contributed by atoms with Crippen LogP contribution < -0.4 is 0 Å². The molecule has 0 aromatic carbocycles. The van der Waals surface area contributed by atoms with E-state index < -0.39 is 0 Å². The molecule has 0 bridgehead atoms. The van der Waals surface area contributed by atoms with Crippen LogP contribution in [0.1, 0.15) is 35.3 Å². The monoisotopic (exact) mass is 227 g/mol. The molecule has 0 radical (unpaired) electrons. The van der Waals surface area contributed by atoms with Crippen LogP contribution in [0, 0.1) is 6.92 Å². The van der Waals surface area contributed by atoms with Gasteiger partial charge in [-0.05, 0) is 26.2 Å². The number of hydrogen-bond acceptors (Lipinski definition) is 4. The molecular weight excluding hydrogens is 210 g/mol. The van der Waals surface area contributed by atoms with Crippen molar-refractivity contribution < 1.29 is 9.53 Å². The van der Waals surface area contributed by atoms with E-state index in [-0.39, 0.29) is 5.97 Å². The third-order valence-corrected chi connectivity index (χ3v) is 3.46. The average molecular weight is 227 g/mol. The largest absolute Gasteiger partial charge is 0.469 e. The maximum Gasteiger partial charge on any atom is 0.305 e. The number of esters is 1. The van der Waals surface area contributed by atoms with E-state index >= 15 is 0 Å². The summed E-state index contributed by atoms with van der Waals surface area (Å²) in [5.41, 5.74) is 1.06. The van der Waals surface area contributed by atoms with Gasteiger partial charge in [0.1, 0.15) is 0 Å². The van der Waals surface area contributed by atoms with Gasteiger partial charge in [-0.2, -0.15) is 0 Å². The van der Waals surface area contributed by atoms with Gasteiger partial charge < -0.3 is 4.74 Å². The number of carbonyl (C=O) groups excluding carboxylic acids is 1. The molecule has 0 spiro atoms. The van der Waals surface area contributed by atoms with Crippen LogP contribution >= 0.6 is 11.3 Å². The molecule has 15 heavy (non-hydrogen) atoms. The minimum Gasteiger partial charge on any atom is -0.469 e. The smallest absolute Gasteiger partial charge is 0.305 e. The third kappa shape index (κ3) is 3.63. The predicted molar refractivity (Wildman–Crippen MR) is 61.2 cm³/mol. The molecule has 4 heteroatoms. The molecule has 0 aliphatic rings. The minimum absolute atomic E-state index is 0.153. The molecule has 1 rings (SSSR count). The van der Waals surface area contributed by atoms with Crippen molar-refractivity contribution >= 4 is 17.3 Å². The fourth-order valence-corrected chi connectivity index (χ4v) is 2.53. The highest BCUT2D eigenvalue weighted by molar-refractivity contribution is 7.11. The van der Waals surface area contributed by atoms with Gasteiger partial charge in [0.25, 0.3) is 0 Å². The maximum absolute atomic E-state index is 11.0. The van der Waals surface area contributed by atoms with Crippen molar-refractivity contribution in [3.8, 4) is 0 Å². The Balaban J connectivity index is 2.56. The van der Waals surface area contributed by atoms with E-state index in [1.54, 1.807) is 11.3 Å². The number of aromatic nitrogens is 1. The van der Waals surface area contributed by atoms with Crippen LogP contribution in [0.5, 0.6) is 0 Å². The zero-order valence-corrected chi connectivity index (χ0v) is 10.3. The molecule has 84 valence electrons. The van der Waals surface area contributed by atoms with Gasteiger partial charge in [0.15, 0.2) is 0 Å². The van der Waals surface area contributed by atoms with Gasteiger partial charge in [-0.1, -0.05) is 6.92 Å². The van der Waals surface area contributed by atoms with Crippen molar-refractivity contribution in [1.82, 2.24) is 4.98 Å². The number of nitrogens with zero attached hydrogens (tertiary/aromatic N) is 1. The molecule has 3 nitrogen and oxygen atoms in total. The van der Waals surface area contributed by atoms with E-state index in [0.717, 1.165) is 25.0 Å². The molecule has 0 saturated heterocycles. The molecule has 1 aromatic rings. The van der Waals surface area contributed by atoms with Gasteiger partial charge in [-0.3, -0.25) is 4.79 Å². The van der Waals surface area contributed by atoms with Crippen molar-refractivity contribution in [3.05, 3.63) is 15.6 Å². The van der Waals surface area contributed by atoms with Gasteiger partial charge in [0, 0.05) is 4.88 Å². The predicted octanol–water partition coefficient (Wildman–Crippen LogP) is 2.51. The molecule has 0 saturated carbocycles. The normalized spacial score (nSPS) is 10.3. The van der Waals surface area contributed by atoms with E-state index in [1.807, 2.05) is 6.92 Å². The summed E-state index contributed by atoms with van der Waals surface area (Å²) in [5, 5.41) is 1.18. The first kappa shape index (κ1) is 12.2.